The van der Waals surface area contributed by atoms with Crippen molar-refractivity contribution in [3.8, 4) is 0 Å². The molecule has 0 saturated carbocycles. The van der Waals surface area contributed by atoms with Crippen LogP contribution < -0.4 is 0 Å². The van der Waals surface area contributed by atoms with Crippen LogP contribution >= 0.6 is 0 Å². The van der Waals surface area contributed by atoms with E-state index in [9.17, 15) is 5.11 Å². The van der Waals surface area contributed by atoms with E-state index < -0.39 is 5.54 Å². The van der Waals surface area contributed by atoms with Crippen molar-refractivity contribution in [3.63, 3.8) is 0 Å². The van der Waals surface area contributed by atoms with Crippen molar-refractivity contribution in [2.75, 3.05) is 0 Å². The van der Waals surface area contributed by atoms with E-state index in [-0.39, 0.29) is 36.2 Å². The van der Waals surface area contributed by atoms with Crippen molar-refractivity contribution in [1.82, 2.24) is 9.55 Å². The summed E-state index contributed by atoms with van der Waals surface area (Å²) in [6, 6.07) is 31.2. The number of hydrogen-bond acceptors (Lipinski definition) is 2. The van der Waals surface area contributed by atoms with Gasteiger partial charge in [0, 0.05) is 6.20 Å². The maximum absolute atomic E-state index is 9.55. The minimum absolute atomic E-state index is 0. The zero-order valence-electron chi connectivity index (χ0n) is 14.4. The molecule has 0 fully saturated rings. The SMILES string of the molecule is OCc1cn(C(c2ccccc2)(c2ccccc2)c2ccccc2)cn1.[NaH]. The van der Waals surface area contributed by atoms with Crippen LogP contribution in [0.4, 0.5) is 0 Å². The standard InChI is InChI=1S/C23H20N2O.Na.H/c26-17-22-16-25(18-24-22)23(19-10-4-1-5-11-19,20-12-6-2-7-13-20)21-14-8-3-9-15-21;;/h1-16,18,26H,17H2;;. The quantitative estimate of drug-likeness (QED) is 0.434. The Hall–Kier alpha value is -2.17. The normalized spacial score (nSPS) is 11.0. The Kier molecular flexibility index (Phi) is 6.30. The van der Waals surface area contributed by atoms with E-state index in [0.29, 0.717) is 5.69 Å². The first-order valence-corrected chi connectivity index (χ1v) is 8.66. The molecule has 0 saturated heterocycles. The van der Waals surface area contributed by atoms with Crippen LogP contribution in [-0.2, 0) is 12.1 Å². The summed E-state index contributed by atoms with van der Waals surface area (Å²) in [5.41, 5.74) is 3.50. The molecule has 0 aliphatic heterocycles. The van der Waals surface area contributed by atoms with E-state index in [1.807, 2.05) is 24.4 Å². The van der Waals surface area contributed by atoms with Crippen LogP contribution in [0.25, 0.3) is 0 Å². The van der Waals surface area contributed by atoms with Gasteiger partial charge in [0.2, 0.25) is 0 Å². The number of nitrogens with zero attached hydrogens (tertiary/aromatic N) is 2. The van der Waals surface area contributed by atoms with Crippen LogP contribution in [0, 0.1) is 0 Å². The summed E-state index contributed by atoms with van der Waals surface area (Å²) in [6.45, 7) is -0.0819. The Morgan fingerprint density at radius 1 is 0.704 bits per heavy atom. The van der Waals surface area contributed by atoms with Crippen molar-refractivity contribution in [3.05, 3.63) is 126 Å². The number of benzene rings is 3. The zero-order chi connectivity index (χ0) is 17.8. The molecule has 1 N–H and O–H groups in total. The molecule has 0 amide bonds. The van der Waals surface area contributed by atoms with E-state index >= 15 is 0 Å². The van der Waals surface area contributed by atoms with Crippen molar-refractivity contribution >= 4 is 29.6 Å². The maximum atomic E-state index is 9.55. The van der Waals surface area contributed by atoms with Gasteiger partial charge in [0.15, 0.2) is 0 Å². The number of aliphatic hydroxyl groups excluding tert-OH is 1. The molecule has 1 aromatic heterocycles. The molecular formula is C23H21N2NaO. The molecule has 27 heavy (non-hydrogen) atoms. The van der Waals surface area contributed by atoms with Gasteiger partial charge in [0.05, 0.1) is 18.6 Å². The van der Waals surface area contributed by atoms with Crippen molar-refractivity contribution in [1.29, 1.82) is 0 Å². The van der Waals surface area contributed by atoms with Crippen molar-refractivity contribution in [2.45, 2.75) is 12.1 Å². The average Bonchev–Trinajstić information content (AvgIpc) is 3.21. The van der Waals surface area contributed by atoms with Crippen molar-refractivity contribution in [2.24, 2.45) is 0 Å². The second-order valence-corrected chi connectivity index (χ2v) is 6.24. The van der Waals surface area contributed by atoms with E-state index in [0.717, 1.165) is 16.7 Å². The summed E-state index contributed by atoms with van der Waals surface area (Å²) >= 11 is 0. The fraction of sp³-hybridized carbons (Fsp3) is 0.0870. The number of aliphatic hydroxyl groups is 1. The molecule has 1 heterocycles. The number of imidazole rings is 1. The Bertz CT molecular complexity index is 872. The van der Waals surface area contributed by atoms with Gasteiger partial charge in [-0.25, -0.2) is 4.98 Å². The molecule has 0 radical (unpaired) electrons. The Morgan fingerprint density at radius 2 is 1.11 bits per heavy atom. The van der Waals surface area contributed by atoms with Gasteiger partial charge in [-0.3, -0.25) is 0 Å². The van der Waals surface area contributed by atoms with Gasteiger partial charge in [-0.05, 0) is 16.7 Å². The second-order valence-electron chi connectivity index (χ2n) is 6.24. The van der Waals surface area contributed by atoms with Gasteiger partial charge >= 0.3 is 29.6 Å². The monoisotopic (exact) mass is 364 g/mol. The van der Waals surface area contributed by atoms with Gasteiger partial charge in [-0.15, -0.1) is 0 Å². The third-order valence-electron chi connectivity index (χ3n) is 4.76. The number of hydrogen-bond donors (Lipinski definition) is 1. The van der Waals surface area contributed by atoms with Crippen LogP contribution in [0.1, 0.15) is 22.4 Å². The molecule has 0 bridgehead atoms. The molecule has 0 atom stereocenters. The fourth-order valence-corrected chi connectivity index (χ4v) is 3.61. The van der Waals surface area contributed by atoms with Crippen LogP contribution in [0.15, 0.2) is 104 Å². The zero-order valence-corrected chi connectivity index (χ0v) is 14.4. The molecule has 4 aromatic rings. The van der Waals surface area contributed by atoms with Gasteiger partial charge in [-0.1, -0.05) is 91.0 Å². The number of rotatable bonds is 5. The molecule has 3 nitrogen and oxygen atoms in total. The topological polar surface area (TPSA) is 38.0 Å². The first-order valence-electron chi connectivity index (χ1n) is 8.66. The van der Waals surface area contributed by atoms with Crippen LogP contribution in [0.3, 0.4) is 0 Å². The average molecular weight is 364 g/mol. The van der Waals surface area contributed by atoms with Crippen LogP contribution in [0.2, 0.25) is 0 Å². The molecular weight excluding hydrogens is 343 g/mol. The summed E-state index contributed by atoms with van der Waals surface area (Å²) in [4.78, 5) is 4.39. The Labute approximate surface area is 181 Å². The second kappa shape index (κ2) is 8.68. The van der Waals surface area contributed by atoms with Crippen molar-refractivity contribution < 1.29 is 5.11 Å². The third-order valence-corrected chi connectivity index (χ3v) is 4.76. The molecule has 0 aliphatic rings. The third kappa shape index (κ3) is 3.52. The van der Waals surface area contributed by atoms with E-state index in [2.05, 4.69) is 82.3 Å². The van der Waals surface area contributed by atoms with Gasteiger partial charge < -0.3 is 9.67 Å². The molecule has 4 heteroatoms. The molecule has 0 unspecified atom stereocenters. The van der Waals surface area contributed by atoms with E-state index in [1.165, 1.54) is 0 Å². The Balaban J connectivity index is 0.00000210. The molecule has 3 aromatic carbocycles. The molecule has 0 aliphatic carbocycles. The summed E-state index contributed by atoms with van der Waals surface area (Å²) in [5.74, 6) is 0. The first kappa shape index (κ1) is 19.6. The number of aromatic nitrogens is 2. The van der Waals surface area contributed by atoms with Crippen LogP contribution in [-0.4, -0.2) is 44.2 Å². The summed E-state index contributed by atoms with van der Waals surface area (Å²) in [6.07, 6.45) is 3.73. The Morgan fingerprint density at radius 3 is 1.44 bits per heavy atom. The van der Waals surface area contributed by atoms with Gasteiger partial charge in [0.1, 0.15) is 5.54 Å². The predicted octanol–water partition coefficient (Wildman–Crippen LogP) is 3.57. The first-order chi connectivity index (χ1) is 12.9. The van der Waals surface area contributed by atoms with Gasteiger partial charge in [0.25, 0.3) is 0 Å². The molecule has 4 rings (SSSR count). The van der Waals surface area contributed by atoms with Gasteiger partial charge in [-0.2, -0.15) is 0 Å². The summed E-state index contributed by atoms with van der Waals surface area (Å²) in [7, 11) is 0. The summed E-state index contributed by atoms with van der Waals surface area (Å²) < 4.78 is 2.10. The van der Waals surface area contributed by atoms with Crippen LogP contribution in [0.5, 0.6) is 0 Å². The minimum atomic E-state index is -0.565. The fourth-order valence-electron chi connectivity index (χ4n) is 3.61. The van der Waals surface area contributed by atoms with E-state index in [1.54, 1.807) is 6.33 Å². The summed E-state index contributed by atoms with van der Waals surface area (Å²) in [5, 5.41) is 9.55. The molecule has 0 spiro atoms. The molecule has 130 valence electrons. The predicted molar refractivity (Wildman–Crippen MR) is 110 cm³/mol. The van der Waals surface area contributed by atoms with E-state index in [4.69, 9.17) is 0 Å².